The lowest BCUT2D eigenvalue weighted by molar-refractivity contribution is -0.149. The molecule has 0 bridgehead atoms. The molecule has 0 aliphatic carbocycles. The number of ether oxygens (including phenoxy) is 1. The highest BCUT2D eigenvalue weighted by atomic mass is 19.1. The average molecular weight is 448 g/mol. The van der Waals surface area contributed by atoms with E-state index in [9.17, 15) is 18.8 Å². The van der Waals surface area contributed by atoms with Crippen molar-refractivity contribution in [3.8, 4) is 0 Å². The van der Waals surface area contributed by atoms with Crippen molar-refractivity contribution in [1.29, 1.82) is 0 Å². The van der Waals surface area contributed by atoms with Gasteiger partial charge in [-0.2, -0.15) is 0 Å². The highest BCUT2D eigenvalue weighted by Crippen LogP contribution is 2.09. The van der Waals surface area contributed by atoms with Crippen molar-refractivity contribution in [1.82, 2.24) is 10.6 Å². The largest absolute Gasteiger partial charge is 0.442 e. The van der Waals surface area contributed by atoms with Crippen LogP contribution in [0.15, 0.2) is 84.9 Å². The van der Waals surface area contributed by atoms with Crippen LogP contribution in [0.4, 0.5) is 4.39 Å². The molecule has 0 saturated carbocycles. The Bertz CT molecular complexity index is 1070. The van der Waals surface area contributed by atoms with Crippen molar-refractivity contribution in [3.63, 3.8) is 0 Å². The van der Waals surface area contributed by atoms with Gasteiger partial charge >= 0.3 is 5.97 Å². The van der Waals surface area contributed by atoms with Crippen LogP contribution in [0, 0.1) is 5.82 Å². The van der Waals surface area contributed by atoms with E-state index in [1.807, 2.05) is 60.7 Å². The molecule has 0 unspecified atom stereocenters. The molecule has 2 amide bonds. The van der Waals surface area contributed by atoms with Crippen LogP contribution in [-0.4, -0.2) is 30.1 Å². The van der Waals surface area contributed by atoms with Gasteiger partial charge in [-0.05, 0) is 35.4 Å². The minimum Gasteiger partial charge on any atom is -0.442 e. The second-order valence-corrected chi connectivity index (χ2v) is 7.52. The number of nitrogens with one attached hydrogen (secondary N) is 2. The SMILES string of the molecule is CC(=O)O[C@H](Cc1ccccc1)NC(=O)[C@H](Cc1ccccc1)NC(=O)c1ccc(F)cc1. The van der Waals surface area contributed by atoms with Gasteiger partial charge in [-0.3, -0.25) is 14.4 Å². The van der Waals surface area contributed by atoms with Crippen molar-refractivity contribution in [3.05, 3.63) is 107 Å². The highest BCUT2D eigenvalue weighted by molar-refractivity contribution is 5.97. The molecule has 0 aliphatic heterocycles. The summed E-state index contributed by atoms with van der Waals surface area (Å²) in [7, 11) is 0. The van der Waals surface area contributed by atoms with E-state index in [4.69, 9.17) is 4.74 Å². The third kappa shape index (κ3) is 7.57. The summed E-state index contributed by atoms with van der Waals surface area (Å²) in [5, 5.41) is 5.44. The number of carbonyl (C=O) groups is 3. The van der Waals surface area contributed by atoms with Gasteiger partial charge in [0, 0.05) is 25.3 Å². The molecular weight excluding hydrogens is 423 g/mol. The molecule has 3 aromatic rings. The quantitative estimate of drug-likeness (QED) is 0.388. The van der Waals surface area contributed by atoms with Gasteiger partial charge < -0.3 is 15.4 Å². The van der Waals surface area contributed by atoms with Crippen LogP contribution in [-0.2, 0) is 27.2 Å². The Balaban J connectivity index is 1.77. The zero-order valence-electron chi connectivity index (χ0n) is 18.2. The van der Waals surface area contributed by atoms with E-state index < -0.39 is 35.9 Å². The number of hydrogen-bond acceptors (Lipinski definition) is 4. The summed E-state index contributed by atoms with van der Waals surface area (Å²) in [6.45, 7) is 1.27. The van der Waals surface area contributed by atoms with Crippen molar-refractivity contribution >= 4 is 17.8 Å². The maximum atomic E-state index is 13.2. The highest BCUT2D eigenvalue weighted by Gasteiger charge is 2.25. The van der Waals surface area contributed by atoms with E-state index in [0.29, 0.717) is 0 Å². The second kappa shape index (κ2) is 11.6. The molecule has 6 nitrogen and oxygen atoms in total. The third-order valence-corrected chi connectivity index (χ3v) is 4.89. The molecular formula is C26H25FN2O4. The van der Waals surface area contributed by atoms with Gasteiger partial charge in [-0.25, -0.2) is 4.39 Å². The van der Waals surface area contributed by atoms with Gasteiger partial charge in [0.1, 0.15) is 11.9 Å². The van der Waals surface area contributed by atoms with Crippen molar-refractivity contribution in [2.75, 3.05) is 0 Å². The van der Waals surface area contributed by atoms with E-state index in [-0.39, 0.29) is 18.4 Å². The lowest BCUT2D eigenvalue weighted by atomic mass is 10.0. The molecule has 2 atom stereocenters. The molecule has 3 rings (SSSR count). The third-order valence-electron chi connectivity index (χ3n) is 4.89. The number of amides is 2. The lowest BCUT2D eigenvalue weighted by Gasteiger charge is -2.23. The zero-order valence-corrected chi connectivity index (χ0v) is 18.2. The topological polar surface area (TPSA) is 84.5 Å². The summed E-state index contributed by atoms with van der Waals surface area (Å²) in [4.78, 5) is 37.5. The Labute approximate surface area is 191 Å². The van der Waals surface area contributed by atoms with Gasteiger partial charge in [-0.1, -0.05) is 60.7 Å². The monoisotopic (exact) mass is 448 g/mol. The molecule has 3 aromatic carbocycles. The number of rotatable bonds is 9. The van der Waals surface area contributed by atoms with Crippen LogP contribution >= 0.6 is 0 Å². The molecule has 0 radical (unpaired) electrons. The van der Waals surface area contributed by atoms with Crippen LogP contribution in [0.1, 0.15) is 28.4 Å². The lowest BCUT2D eigenvalue weighted by Crippen LogP contribution is -2.52. The normalized spacial score (nSPS) is 12.3. The standard InChI is InChI=1S/C26H25FN2O4/c1-18(30)33-24(17-20-10-6-3-7-11-20)29-26(32)23(16-19-8-4-2-5-9-19)28-25(31)21-12-14-22(27)15-13-21/h2-15,23-24H,16-17H2,1H3,(H,28,31)(H,29,32)/t23-,24+/m0/s1. The van der Waals surface area contributed by atoms with Gasteiger partial charge in [0.15, 0.2) is 6.23 Å². The molecule has 170 valence electrons. The summed E-state index contributed by atoms with van der Waals surface area (Å²) >= 11 is 0. The van der Waals surface area contributed by atoms with Gasteiger partial charge in [-0.15, -0.1) is 0 Å². The second-order valence-electron chi connectivity index (χ2n) is 7.52. The minimum absolute atomic E-state index is 0.220. The Morgan fingerprint density at radius 3 is 1.88 bits per heavy atom. The minimum atomic E-state index is -0.946. The first kappa shape index (κ1) is 23.7. The summed E-state index contributed by atoms with van der Waals surface area (Å²) in [5.74, 6) is -2.02. The summed E-state index contributed by atoms with van der Waals surface area (Å²) in [6.07, 6.45) is -0.410. The predicted octanol–water partition coefficient (Wildman–Crippen LogP) is 3.41. The zero-order chi connectivity index (χ0) is 23.6. The van der Waals surface area contributed by atoms with Crippen molar-refractivity contribution in [2.45, 2.75) is 32.0 Å². The van der Waals surface area contributed by atoms with Crippen LogP contribution in [0.25, 0.3) is 0 Å². The van der Waals surface area contributed by atoms with Gasteiger partial charge in [0.25, 0.3) is 5.91 Å². The average Bonchev–Trinajstić information content (AvgIpc) is 2.80. The summed E-state index contributed by atoms with van der Waals surface area (Å²) in [5.41, 5.74) is 1.94. The molecule has 0 aliphatic rings. The fourth-order valence-electron chi connectivity index (χ4n) is 3.31. The van der Waals surface area contributed by atoms with E-state index in [2.05, 4.69) is 10.6 Å². The molecule has 0 fully saturated rings. The Morgan fingerprint density at radius 1 is 0.788 bits per heavy atom. The Morgan fingerprint density at radius 2 is 1.33 bits per heavy atom. The summed E-state index contributed by atoms with van der Waals surface area (Å²) < 4.78 is 18.5. The van der Waals surface area contributed by atoms with Crippen LogP contribution in [0.5, 0.6) is 0 Å². The predicted molar refractivity (Wildman–Crippen MR) is 122 cm³/mol. The van der Waals surface area contributed by atoms with E-state index in [0.717, 1.165) is 11.1 Å². The molecule has 0 heterocycles. The van der Waals surface area contributed by atoms with Crippen molar-refractivity contribution < 1.29 is 23.5 Å². The first-order valence-corrected chi connectivity index (χ1v) is 10.5. The first-order valence-electron chi connectivity index (χ1n) is 10.5. The number of halogens is 1. The number of benzene rings is 3. The van der Waals surface area contributed by atoms with Crippen molar-refractivity contribution in [2.24, 2.45) is 0 Å². The van der Waals surface area contributed by atoms with Crippen LogP contribution < -0.4 is 10.6 Å². The fraction of sp³-hybridized carbons (Fsp3) is 0.192. The Hall–Kier alpha value is -4.00. The van der Waals surface area contributed by atoms with E-state index >= 15 is 0 Å². The molecule has 0 aromatic heterocycles. The molecule has 33 heavy (non-hydrogen) atoms. The van der Waals surface area contributed by atoms with Gasteiger partial charge in [0.05, 0.1) is 0 Å². The van der Waals surface area contributed by atoms with Crippen LogP contribution in [0.3, 0.4) is 0 Å². The van der Waals surface area contributed by atoms with Gasteiger partial charge in [0.2, 0.25) is 5.91 Å². The Kier molecular flexibility index (Phi) is 8.30. The van der Waals surface area contributed by atoms with E-state index in [1.54, 1.807) is 0 Å². The fourth-order valence-corrected chi connectivity index (χ4v) is 3.31. The first-order chi connectivity index (χ1) is 15.9. The molecule has 7 heteroatoms. The number of esters is 1. The maximum absolute atomic E-state index is 13.2. The number of hydrogen-bond donors (Lipinski definition) is 2. The molecule has 0 saturated heterocycles. The smallest absolute Gasteiger partial charge is 0.304 e. The molecule has 0 spiro atoms. The summed E-state index contributed by atoms with van der Waals surface area (Å²) in [6, 6.07) is 22.6. The molecule has 2 N–H and O–H groups in total. The maximum Gasteiger partial charge on any atom is 0.304 e. The number of carbonyl (C=O) groups excluding carboxylic acids is 3. The van der Waals surface area contributed by atoms with Crippen LogP contribution in [0.2, 0.25) is 0 Å². The van der Waals surface area contributed by atoms with E-state index in [1.165, 1.54) is 31.2 Å².